The largest absolute Gasteiger partial charge is 0.493 e. The second kappa shape index (κ2) is 8.53. The van der Waals surface area contributed by atoms with E-state index >= 15 is 0 Å². The Bertz CT molecular complexity index is 776. The number of methoxy groups -OCH3 is 1. The summed E-state index contributed by atoms with van der Waals surface area (Å²) in [6.07, 6.45) is -0.737. The average molecular weight is 362 g/mol. The van der Waals surface area contributed by atoms with E-state index in [1.54, 1.807) is 31.2 Å². The summed E-state index contributed by atoms with van der Waals surface area (Å²) in [5, 5.41) is 3.38. The Labute approximate surface area is 151 Å². The van der Waals surface area contributed by atoms with Gasteiger partial charge in [0.05, 0.1) is 7.11 Å². The molecule has 2 aromatic carbocycles. The number of hydrogen-bond acceptors (Lipinski definition) is 4. The van der Waals surface area contributed by atoms with E-state index in [1.807, 2.05) is 18.2 Å². The van der Waals surface area contributed by atoms with Crippen LogP contribution in [0.4, 0.5) is 0 Å². The van der Waals surface area contributed by atoms with Crippen LogP contribution < -0.4 is 14.8 Å². The van der Waals surface area contributed by atoms with Gasteiger partial charge in [-0.2, -0.15) is 0 Å². The summed E-state index contributed by atoms with van der Waals surface area (Å²) in [5.74, 6) is 0.444. The minimum atomic E-state index is -0.737. The third kappa shape index (κ3) is 4.97. The first-order valence-corrected chi connectivity index (χ1v) is 8.17. The van der Waals surface area contributed by atoms with E-state index < -0.39 is 6.10 Å². The van der Waals surface area contributed by atoms with Crippen molar-refractivity contribution < 1.29 is 19.1 Å². The van der Waals surface area contributed by atoms with Gasteiger partial charge in [-0.1, -0.05) is 29.8 Å². The topological polar surface area (TPSA) is 64.6 Å². The minimum absolute atomic E-state index is 0.0737. The second-order valence-corrected chi connectivity index (χ2v) is 5.90. The van der Waals surface area contributed by atoms with Crippen molar-refractivity contribution in [2.75, 3.05) is 7.11 Å². The van der Waals surface area contributed by atoms with Crippen LogP contribution in [0, 0.1) is 0 Å². The lowest BCUT2D eigenvalue weighted by atomic mass is 10.1. The molecule has 1 atom stereocenters. The maximum Gasteiger partial charge on any atom is 0.261 e. The Morgan fingerprint density at radius 3 is 2.52 bits per heavy atom. The van der Waals surface area contributed by atoms with Crippen LogP contribution in [-0.4, -0.2) is 24.9 Å². The summed E-state index contributed by atoms with van der Waals surface area (Å²) in [5.41, 5.74) is 1.34. The number of halogens is 1. The van der Waals surface area contributed by atoms with Crippen molar-refractivity contribution in [3.63, 3.8) is 0 Å². The summed E-state index contributed by atoms with van der Waals surface area (Å²) in [6.45, 7) is 3.42. The normalized spacial score (nSPS) is 11.5. The number of carbonyl (C=O) groups is 2. The van der Waals surface area contributed by atoms with Crippen molar-refractivity contribution in [1.29, 1.82) is 0 Å². The van der Waals surface area contributed by atoms with Crippen molar-refractivity contribution in [3.8, 4) is 11.5 Å². The molecular formula is C19H20ClNO4. The van der Waals surface area contributed by atoms with Crippen molar-refractivity contribution in [3.05, 3.63) is 58.6 Å². The number of ether oxygens (including phenoxy) is 2. The summed E-state index contributed by atoms with van der Waals surface area (Å²) in [6, 6.07) is 12.1. The van der Waals surface area contributed by atoms with Gasteiger partial charge in [0, 0.05) is 17.1 Å². The molecule has 0 aliphatic heterocycles. The van der Waals surface area contributed by atoms with Gasteiger partial charge in [0.1, 0.15) is 0 Å². The number of amides is 1. The van der Waals surface area contributed by atoms with Gasteiger partial charge < -0.3 is 14.8 Å². The van der Waals surface area contributed by atoms with Gasteiger partial charge in [-0.3, -0.25) is 9.59 Å². The van der Waals surface area contributed by atoms with Crippen LogP contribution in [-0.2, 0) is 11.3 Å². The number of benzene rings is 2. The highest BCUT2D eigenvalue weighted by molar-refractivity contribution is 6.31. The van der Waals surface area contributed by atoms with Crippen LogP contribution in [0.2, 0.25) is 5.02 Å². The predicted molar refractivity (Wildman–Crippen MR) is 96.4 cm³/mol. The molecule has 25 heavy (non-hydrogen) atoms. The molecule has 0 aliphatic carbocycles. The van der Waals surface area contributed by atoms with Gasteiger partial charge in [-0.05, 0) is 43.7 Å². The Balaban J connectivity index is 2.01. The van der Waals surface area contributed by atoms with E-state index in [0.29, 0.717) is 28.6 Å². The number of nitrogens with one attached hydrogen (secondary N) is 1. The molecule has 1 amide bonds. The van der Waals surface area contributed by atoms with Crippen LogP contribution >= 0.6 is 11.6 Å². The summed E-state index contributed by atoms with van der Waals surface area (Å²) < 4.78 is 10.9. The summed E-state index contributed by atoms with van der Waals surface area (Å²) in [4.78, 5) is 23.7. The van der Waals surface area contributed by atoms with E-state index in [1.165, 1.54) is 14.0 Å². The molecule has 6 heteroatoms. The second-order valence-electron chi connectivity index (χ2n) is 5.49. The minimum Gasteiger partial charge on any atom is -0.493 e. The smallest absolute Gasteiger partial charge is 0.261 e. The third-order valence-corrected chi connectivity index (χ3v) is 4.02. The lowest BCUT2D eigenvalue weighted by Gasteiger charge is -2.17. The van der Waals surface area contributed by atoms with Gasteiger partial charge >= 0.3 is 0 Å². The molecule has 0 aliphatic rings. The van der Waals surface area contributed by atoms with Crippen LogP contribution in [0.3, 0.4) is 0 Å². The van der Waals surface area contributed by atoms with E-state index in [2.05, 4.69) is 5.32 Å². The van der Waals surface area contributed by atoms with Gasteiger partial charge in [0.2, 0.25) is 0 Å². The van der Waals surface area contributed by atoms with Crippen LogP contribution in [0.25, 0.3) is 0 Å². The Kier molecular flexibility index (Phi) is 6.42. The zero-order valence-electron chi connectivity index (χ0n) is 14.3. The van der Waals surface area contributed by atoms with Crippen LogP contribution in [0.15, 0.2) is 42.5 Å². The Morgan fingerprint density at radius 1 is 1.16 bits per heavy atom. The number of hydrogen-bond donors (Lipinski definition) is 1. The molecule has 0 spiro atoms. The van der Waals surface area contributed by atoms with Gasteiger partial charge in [0.25, 0.3) is 5.91 Å². The van der Waals surface area contributed by atoms with Crippen molar-refractivity contribution in [2.45, 2.75) is 26.5 Å². The summed E-state index contributed by atoms with van der Waals surface area (Å²) >= 11 is 6.07. The SMILES string of the molecule is COc1cc(C(C)=O)ccc1O[C@@H](C)C(=O)NCc1ccccc1Cl. The molecule has 1 N–H and O–H groups in total. The highest BCUT2D eigenvalue weighted by Gasteiger charge is 2.17. The first-order valence-electron chi connectivity index (χ1n) is 7.79. The maximum atomic E-state index is 12.2. The molecule has 0 saturated carbocycles. The van der Waals surface area contributed by atoms with E-state index in [-0.39, 0.29) is 11.7 Å². The number of rotatable bonds is 7. The summed E-state index contributed by atoms with van der Waals surface area (Å²) in [7, 11) is 1.48. The molecule has 2 rings (SSSR count). The molecule has 2 aromatic rings. The molecular weight excluding hydrogens is 342 g/mol. The highest BCUT2D eigenvalue weighted by Crippen LogP contribution is 2.29. The van der Waals surface area contributed by atoms with Crippen molar-refractivity contribution in [2.24, 2.45) is 0 Å². The molecule has 0 saturated heterocycles. The number of Topliss-reactive ketones (excluding diaryl/α,β-unsaturated/α-hetero) is 1. The molecule has 0 unspecified atom stereocenters. The highest BCUT2D eigenvalue weighted by atomic mass is 35.5. The lowest BCUT2D eigenvalue weighted by molar-refractivity contribution is -0.127. The first kappa shape index (κ1) is 18.8. The Hall–Kier alpha value is -2.53. The zero-order valence-corrected chi connectivity index (χ0v) is 15.1. The molecule has 132 valence electrons. The van der Waals surface area contributed by atoms with Gasteiger partial charge in [-0.25, -0.2) is 0 Å². The molecule has 0 bridgehead atoms. The maximum absolute atomic E-state index is 12.2. The fourth-order valence-corrected chi connectivity index (χ4v) is 2.40. The zero-order chi connectivity index (χ0) is 18.4. The standard InChI is InChI=1S/C19H20ClNO4/c1-12(22)14-8-9-17(18(10-14)24-3)25-13(2)19(23)21-11-15-6-4-5-7-16(15)20/h4-10,13H,11H2,1-3H3,(H,21,23)/t13-/m0/s1. The van der Waals surface area contributed by atoms with Crippen LogP contribution in [0.1, 0.15) is 29.8 Å². The average Bonchev–Trinajstić information content (AvgIpc) is 2.60. The van der Waals surface area contributed by atoms with E-state index in [0.717, 1.165) is 5.56 Å². The molecule has 0 fully saturated rings. The molecule has 0 heterocycles. The fourth-order valence-electron chi connectivity index (χ4n) is 2.20. The quantitative estimate of drug-likeness (QED) is 0.765. The molecule has 5 nitrogen and oxygen atoms in total. The predicted octanol–water partition coefficient (Wildman–Crippen LogP) is 3.63. The first-order chi connectivity index (χ1) is 11.9. The fraction of sp³-hybridized carbons (Fsp3) is 0.263. The van der Waals surface area contributed by atoms with E-state index in [9.17, 15) is 9.59 Å². The van der Waals surface area contributed by atoms with Crippen LogP contribution in [0.5, 0.6) is 11.5 Å². The van der Waals surface area contributed by atoms with Crippen molar-refractivity contribution in [1.82, 2.24) is 5.32 Å². The Morgan fingerprint density at radius 2 is 1.88 bits per heavy atom. The molecule has 0 radical (unpaired) electrons. The van der Waals surface area contributed by atoms with E-state index in [4.69, 9.17) is 21.1 Å². The number of ketones is 1. The lowest BCUT2D eigenvalue weighted by Crippen LogP contribution is -2.36. The van der Waals surface area contributed by atoms with Crippen molar-refractivity contribution >= 4 is 23.3 Å². The van der Waals surface area contributed by atoms with Gasteiger partial charge in [-0.15, -0.1) is 0 Å². The van der Waals surface area contributed by atoms with Gasteiger partial charge in [0.15, 0.2) is 23.4 Å². The molecule has 0 aromatic heterocycles. The third-order valence-electron chi connectivity index (χ3n) is 3.65. The monoisotopic (exact) mass is 361 g/mol. The number of carbonyl (C=O) groups excluding carboxylic acids is 2.